The smallest absolute Gasteiger partial charge is 0.397 e. The van der Waals surface area contributed by atoms with Gasteiger partial charge < -0.3 is 30.7 Å². The maximum atomic E-state index is 14.0. The summed E-state index contributed by atoms with van der Waals surface area (Å²) in [7, 11) is 2.11. The first-order chi connectivity index (χ1) is 22.9. The molecule has 262 valence electrons. The molecule has 3 saturated heterocycles. The second-order valence-corrected chi connectivity index (χ2v) is 14.5. The van der Waals surface area contributed by atoms with E-state index in [2.05, 4.69) is 27.5 Å². The lowest BCUT2D eigenvalue weighted by atomic mass is 9.98. The maximum Gasteiger partial charge on any atom is 0.418 e. The van der Waals surface area contributed by atoms with Gasteiger partial charge in [0.1, 0.15) is 11.0 Å². The number of hydrogen-bond acceptors (Lipinski definition) is 7. The molecule has 1 aromatic heterocycles. The lowest BCUT2D eigenvalue weighted by Crippen LogP contribution is -2.58. The highest BCUT2D eigenvalue weighted by molar-refractivity contribution is 7.14. The van der Waals surface area contributed by atoms with Gasteiger partial charge in [0.25, 0.3) is 0 Å². The summed E-state index contributed by atoms with van der Waals surface area (Å²) in [4.78, 5) is 50.2. The second kappa shape index (κ2) is 14.3. The molecule has 2 aromatic rings. The second-order valence-electron chi connectivity index (χ2n) is 13.2. The van der Waals surface area contributed by atoms with E-state index in [1.165, 1.54) is 17.4 Å². The molecule has 1 aromatic carbocycles. The van der Waals surface area contributed by atoms with Crippen molar-refractivity contribution in [3.63, 3.8) is 0 Å². The van der Waals surface area contributed by atoms with Gasteiger partial charge in [-0.2, -0.15) is 13.2 Å². The number of nitrogen functional groups attached to an aromatic ring is 1. The number of anilines is 2. The fourth-order valence-corrected chi connectivity index (χ4v) is 8.27. The third-order valence-electron chi connectivity index (χ3n) is 10.1. The molecule has 5 heterocycles. The first-order valence-corrected chi connectivity index (χ1v) is 17.7. The van der Waals surface area contributed by atoms with Crippen molar-refractivity contribution >= 4 is 51.6 Å². The molecule has 6 rings (SSSR count). The van der Waals surface area contributed by atoms with Crippen molar-refractivity contribution in [2.24, 2.45) is 0 Å². The van der Waals surface area contributed by atoms with E-state index in [0.29, 0.717) is 51.6 Å². The number of urea groups is 2. The SMILES string of the molecule is CN1CCN(C2CCN(C(=O)[C@@H](Cc3cc(Cl)c(N)c(C(F)(F)F)c3)NC(=O)N3CCC(N4Cc5ccsc5NC4=O)CC3)CC2)CC1. The van der Waals surface area contributed by atoms with Gasteiger partial charge in [0.15, 0.2) is 0 Å². The molecular weight excluding hydrogens is 669 g/mol. The molecule has 0 radical (unpaired) electrons. The topological polar surface area (TPSA) is 117 Å². The minimum absolute atomic E-state index is 0.0566. The van der Waals surface area contributed by atoms with E-state index in [0.717, 1.165) is 55.7 Å². The number of nitrogens with one attached hydrogen (secondary N) is 2. The van der Waals surface area contributed by atoms with Gasteiger partial charge in [-0.3, -0.25) is 15.0 Å². The third-order valence-corrected chi connectivity index (χ3v) is 11.3. The van der Waals surface area contributed by atoms with Crippen molar-refractivity contribution in [1.82, 2.24) is 29.8 Å². The van der Waals surface area contributed by atoms with Crippen LogP contribution in [0.5, 0.6) is 0 Å². The van der Waals surface area contributed by atoms with E-state index in [-0.39, 0.29) is 35.0 Å². The number of amides is 5. The molecule has 0 spiro atoms. The van der Waals surface area contributed by atoms with E-state index in [9.17, 15) is 27.6 Å². The van der Waals surface area contributed by atoms with Gasteiger partial charge in [0, 0.05) is 76.4 Å². The Morgan fingerprint density at radius 1 is 1.02 bits per heavy atom. The molecular formula is C32H42ClF3N8O3S. The van der Waals surface area contributed by atoms with Crippen LogP contribution < -0.4 is 16.4 Å². The maximum absolute atomic E-state index is 14.0. The first-order valence-electron chi connectivity index (χ1n) is 16.4. The number of halogens is 4. The zero-order chi connectivity index (χ0) is 34.2. The molecule has 0 aliphatic carbocycles. The molecule has 4 aliphatic rings. The van der Waals surface area contributed by atoms with Crippen molar-refractivity contribution in [1.29, 1.82) is 0 Å². The van der Waals surface area contributed by atoms with Gasteiger partial charge in [0.05, 0.1) is 22.8 Å². The Kier molecular flexibility index (Phi) is 10.3. The highest BCUT2D eigenvalue weighted by atomic mass is 35.5. The van der Waals surface area contributed by atoms with Crippen LogP contribution in [0.25, 0.3) is 0 Å². The molecule has 4 N–H and O–H groups in total. The molecule has 5 amide bonds. The lowest BCUT2D eigenvalue weighted by molar-refractivity contribution is -0.137. The number of nitrogens with two attached hydrogens (primary N) is 1. The fourth-order valence-electron chi connectivity index (χ4n) is 7.23. The third kappa shape index (κ3) is 7.63. The minimum atomic E-state index is -4.74. The number of fused-ring (bicyclic) bond motifs is 1. The highest BCUT2D eigenvalue weighted by Gasteiger charge is 2.38. The van der Waals surface area contributed by atoms with Crippen molar-refractivity contribution in [3.8, 4) is 0 Å². The number of likely N-dealkylation sites (N-methyl/N-ethyl adjacent to an activating group) is 1. The van der Waals surface area contributed by atoms with Crippen molar-refractivity contribution in [2.75, 3.05) is 70.5 Å². The Bertz CT molecular complexity index is 1500. The van der Waals surface area contributed by atoms with E-state index in [1.807, 2.05) is 11.4 Å². The summed E-state index contributed by atoms with van der Waals surface area (Å²) in [5.74, 6) is -0.340. The van der Waals surface area contributed by atoms with Crippen LogP contribution in [-0.2, 0) is 23.9 Å². The normalized spacial score (nSPS) is 21.2. The van der Waals surface area contributed by atoms with Crippen LogP contribution >= 0.6 is 22.9 Å². The monoisotopic (exact) mass is 710 g/mol. The Balaban J connectivity index is 1.13. The van der Waals surface area contributed by atoms with Gasteiger partial charge in [-0.05, 0) is 61.9 Å². The number of carbonyl (C=O) groups is 3. The number of benzene rings is 1. The number of rotatable bonds is 6. The fraction of sp³-hybridized carbons (Fsp3) is 0.594. The average Bonchev–Trinajstić information content (AvgIpc) is 3.52. The van der Waals surface area contributed by atoms with Crippen molar-refractivity contribution < 1.29 is 27.6 Å². The number of piperidine rings is 2. The standard InChI is InChI=1S/C32H42ClF3N8O3S/c1-40-11-13-41(14-12-40)22-2-7-42(8-3-22)29(45)26(18-20-16-24(32(34,35)36)27(37)25(33)17-20)38-30(46)43-9-4-23(5-10-43)44-19-21-6-15-48-28(21)39-31(44)47/h6,15-17,22-23,26H,2-5,7-14,18-19,37H2,1H3,(H,38,46)(H,39,47)/t26-/m1/s1. The van der Waals surface area contributed by atoms with Gasteiger partial charge in [-0.25, -0.2) is 9.59 Å². The quantitative estimate of drug-likeness (QED) is 0.384. The molecule has 48 heavy (non-hydrogen) atoms. The molecule has 16 heteroatoms. The predicted molar refractivity (Wildman–Crippen MR) is 179 cm³/mol. The van der Waals surface area contributed by atoms with Gasteiger partial charge in [0.2, 0.25) is 5.91 Å². The molecule has 11 nitrogen and oxygen atoms in total. The van der Waals surface area contributed by atoms with Gasteiger partial charge in [-0.1, -0.05) is 11.6 Å². The van der Waals surface area contributed by atoms with Crippen molar-refractivity contribution in [3.05, 3.63) is 45.3 Å². The van der Waals surface area contributed by atoms with E-state index in [1.54, 1.807) is 14.7 Å². The zero-order valence-corrected chi connectivity index (χ0v) is 28.5. The Morgan fingerprint density at radius 3 is 2.33 bits per heavy atom. The number of nitrogens with zero attached hydrogens (tertiary/aromatic N) is 5. The Morgan fingerprint density at radius 2 is 1.67 bits per heavy atom. The number of alkyl halides is 3. The Labute approximate surface area is 287 Å². The molecule has 4 aliphatic heterocycles. The molecule has 1 atom stereocenters. The lowest BCUT2D eigenvalue weighted by Gasteiger charge is -2.43. The van der Waals surface area contributed by atoms with Gasteiger partial charge in [-0.15, -0.1) is 11.3 Å². The van der Waals surface area contributed by atoms with Crippen LogP contribution in [0.2, 0.25) is 5.02 Å². The molecule has 3 fully saturated rings. The number of carbonyl (C=O) groups excluding carboxylic acids is 3. The number of piperazine rings is 1. The highest BCUT2D eigenvalue weighted by Crippen LogP contribution is 2.38. The number of thiophene rings is 1. The predicted octanol–water partition coefficient (Wildman–Crippen LogP) is 4.37. The summed E-state index contributed by atoms with van der Waals surface area (Å²) < 4.78 is 41.3. The summed E-state index contributed by atoms with van der Waals surface area (Å²) in [5.41, 5.74) is 5.22. The molecule has 0 unspecified atom stereocenters. The number of hydrogen-bond donors (Lipinski definition) is 3. The average molecular weight is 711 g/mol. The van der Waals surface area contributed by atoms with E-state index < -0.39 is 29.5 Å². The van der Waals surface area contributed by atoms with Crippen molar-refractivity contribution in [2.45, 2.75) is 63.0 Å². The largest absolute Gasteiger partial charge is 0.418 e. The van der Waals surface area contributed by atoms with Crippen LogP contribution in [-0.4, -0.2) is 120 Å². The van der Waals surface area contributed by atoms with Crippen LogP contribution in [0.3, 0.4) is 0 Å². The Hall–Kier alpha value is -3.27. The minimum Gasteiger partial charge on any atom is -0.397 e. The molecule has 0 bridgehead atoms. The summed E-state index contributed by atoms with van der Waals surface area (Å²) in [6.45, 7) is 6.16. The summed E-state index contributed by atoms with van der Waals surface area (Å²) in [5, 5.41) is 8.33. The summed E-state index contributed by atoms with van der Waals surface area (Å²) in [6, 6.07) is 2.78. The zero-order valence-electron chi connectivity index (χ0n) is 26.9. The van der Waals surface area contributed by atoms with Gasteiger partial charge >= 0.3 is 18.2 Å². The summed E-state index contributed by atoms with van der Waals surface area (Å²) >= 11 is 7.60. The van der Waals surface area contributed by atoms with E-state index >= 15 is 0 Å². The van der Waals surface area contributed by atoms with Crippen LogP contribution in [0.15, 0.2) is 23.6 Å². The van der Waals surface area contributed by atoms with Crippen LogP contribution in [0.4, 0.5) is 33.4 Å². The van der Waals surface area contributed by atoms with Crippen LogP contribution in [0.1, 0.15) is 42.4 Å². The first kappa shape index (κ1) is 34.6. The van der Waals surface area contributed by atoms with E-state index in [4.69, 9.17) is 17.3 Å². The number of likely N-dealkylation sites (tertiary alicyclic amines) is 2. The van der Waals surface area contributed by atoms with Crippen LogP contribution in [0, 0.1) is 0 Å². The molecule has 0 saturated carbocycles. The summed E-state index contributed by atoms with van der Waals surface area (Å²) in [6.07, 6.45) is -2.24.